The number of nitrogens with one attached hydrogen (secondary N) is 1. The third-order valence-electron chi connectivity index (χ3n) is 4.45. The standard InChI is InChI=1S/C20H22N2O3/c1-14-3-7-17(8-4-14)22-13-15(11-19(22)23)12-21-20(24)16-5-9-18(25-2)10-6-16/h3-10,15H,11-13H2,1-2H3,(H,21,24). The van der Waals surface area contributed by atoms with Crippen molar-refractivity contribution in [3.63, 3.8) is 0 Å². The number of ether oxygens (including phenoxy) is 1. The molecule has 0 bridgehead atoms. The Labute approximate surface area is 147 Å². The maximum atomic E-state index is 12.3. The van der Waals surface area contributed by atoms with Crippen LogP contribution in [0.15, 0.2) is 48.5 Å². The first-order chi connectivity index (χ1) is 12.1. The zero-order chi connectivity index (χ0) is 17.8. The smallest absolute Gasteiger partial charge is 0.251 e. The lowest BCUT2D eigenvalue weighted by Gasteiger charge is -2.17. The molecular formula is C20H22N2O3. The molecule has 25 heavy (non-hydrogen) atoms. The molecule has 1 N–H and O–H groups in total. The summed E-state index contributed by atoms with van der Waals surface area (Å²) >= 11 is 0. The molecule has 2 aromatic rings. The van der Waals surface area contributed by atoms with Crippen LogP contribution in [0.1, 0.15) is 22.3 Å². The maximum Gasteiger partial charge on any atom is 0.251 e. The fourth-order valence-corrected chi connectivity index (χ4v) is 2.97. The first-order valence-corrected chi connectivity index (χ1v) is 8.36. The molecule has 5 heteroatoms. The number of methoxy groups -OCH3 is 1. The summed E-state index contributed by atoms with van der Waals surface area (Å²) in [4.78, 5) is 26.3. The molecule has 1 fully saturated rings. The lowest BCUT2D eigenvalue weighted by Crippen LogP contribution is -2.31. The number of anilines is 1. The molecule has 2 amide bonds. The molecule has 0 aliphatic carbocycles. The zero-order valence-electron chi connectivity index (χ0n) is 14.5. The topological polar surface area (TPSA) is 58.6 Å². The molecule has 5 nitrogen and oxygen atoms in total. The van der Waals surface area contributed by atoms with Crippen molar-refractivity contribution in [3.05, 3.63) is 59.7 Å². The van der Waals surface area contributed by atoms with E-state index in [4.69, 9.17) is 4.74 Å². The highest BCUT2D eigenvalue weighted by molar-refractivity contribution is 5.96. The maximum absolute atomic E-state index is 12.3. The number of benzene rings is 2. The van der Waals surface area contributed by atoms with Gasteiger partial charge in [-0.2, -0.15) is 0 Å². The van der Waals surface area contributed by atoms with Gasteiger partial charge in [-0.3, -0.25) is 9.59 Å². The number of aryl methyl sites for hydroxylation is 1. The van der Waals surface area contributed by atoms with Gasteiger partial charge in [0.05, 0.1) is 7.11 Å². The van der Waals surface area contributed by atoms with Gasteiger partial charge in [-0.25, -0.2) is 0 Å². The van der Waals surface area contributed by atoms with Gasteiger partial charge in [-0.15, -0.1) is 0 Å². The minimum atomic E-state index is -0.135. The zero-order valence-corrected chi connectivity index (χ0v) is 14.5. The van der Waals surface area contributed by atoms with E-state index in [9.17, 15) is 9.59 Å². The van der Waals surface area contributed by atoms with E-state index >= 15 is 0 Å². The molecule has 1 atom stereocenters. The van der Waals surface area contributed by atoms with Gasteiger partial charge in [0.15, 0.2) is 0 Å². The Hall–Kier alpha value is -2.82. The minimum Gasteiger partial charge on any atom is -0.497 e. The summed E-state index contributed by atoms with van der Waals surface area (Å²) in [7, 11) is 1.59. The van der Waals surface area contributed by atoms with E-state index in [1.54, 1.807) is 36.3 Å². The highest BCUT2D eigenvalue weighted by atomic mass is 16.5. The van der Waals surface area contributed by atoms with E-state index in [1.165, 1.54) is 5.56 Å². The molecule has 1 aliphatic rings. The number of nitrogens with zero attached hydrogens (tertiary/aromatic N) is 1. The Kier molecular flexibility index (Phi) is 5.03. The van der Waals surface area contributed by atoms with Gasteiger partial charge in [-0.1, -0.05) is 17.7 Å². The van der Waals surface area contributed by atoms with Gasteiger partial charge in [-0.05, 0) is 43.3 Å². The Morgan fingerprint density at radius 2 is 1.84 bits per heavy atom. The molecule has 0 saturated carbocycles. The monoisotopic (exact) mass is 338 g/mol. The molecule has 2 aromatic carbocycles. The number of amides is 2. The van der Waals surface area contributed by atoms with Crippen molar-refractivity contribution in [1.29, 1.82) is 0 Å². The van der Waals surface area contributed by atoms with E-state index in [0.29, 0.717) is 30.8 Å². The number of carbonyl (C=O) groups is 2. The van der Waals surface area contributed by atoms with Crippen LogP contribution < -0.4 is 15.0 Å². The summed E-state index contributed by atoms with van der Waals surface area (Å²) < 4.78 is 5.09. The lowest BCUT2D eigenvalue weighted by atomic mass is 10.1. The van der Waals surface area contributed by atoms with E-state index < -0.39 is 0 Å². The van der Waals surface area contributed by atoms with Crippen LogP contribution in [-0.2, 0) is 4.79 Å². The average molecular weight is 338 g/mol. The third-order valence-corrected chi connectivity index (χ3v) is 4.45. The van der Waals surface area contributed by atoms with Gasteiger partial charge in [0, 0.05) is 36.7 Å². The van der Waals surface area contributed by atoms with Gasteiger partial charge in [0.25, 0.3) is 5.91 Å². The van der Waals surface area contributed by atoms with E-state index in [2.05, 4.69) is 5.32 Å². The van der Waals surface area contributed by atoms with Crippen molar-refractivity contribution in [2.24, 2.45) is 5.92 Å². The molecule has 1 unspecified atom stereocenters. The van der Waals surface area contributed by atoms with E-state index in [1.807, 2.05) is 31.2 Å². The second-order valence-corrected chi connectivity index (χ2v) is 6.35. The Morgan fingerprint density at radius 3 is 2.48 bits per heavy atom. The second-order valence-electron chi connectivity index (χ2n) is 6.35. The lowest BCUT2D eigenvalue weighted by molar-refractivity contribution is -0.117. The SMILES string of the molecule is COc1ccc(C(=O)NCC2CC(=O)N(c3ccc(C)cc3)C2)cc1. The predicted molar refractivity (Wildman–Crippen MR) is 97.0 cm³/mol. The van der Waals surface area contributed by atoms with Crippen LogP contribution in [0.5, 0.6) is 5.75 Å². The average Bonchev–Trinajstić information content (AvgIpc) is 3.01. The molecule has 0 aromatic heterocycles. The van der Waals surface area contributed by atoms with Crippen LogP contribution in [0.3, 0.4) is 0 Å². The summed E-state index contributed by atoms with van der Waals surface area (Å²) in [6.07, 6.45) is 0.455. The van der Waals surface area contributed by atoms with Crippen LogP contribution in [0.25, 0.3) is 0 Å². The first-order valence-electron chi connectivity index (χ1n) is 8.36. The van der Waals surface area contributed by atoms with E-state index in [0.717, 1.165) is 5.69 Å². The molecule has 0 radical (unpaired) electrons. The summed E-state index contributed by atoms with van der Waals surface area (Å²) in [6.45, 7) is 3.14. The molecule has 130 valence electrons. The minimum absolute atomic E-state index is 0.104. The summed E-state index contributed by atoms with van der Waals surface area (Å²) in [6, 6.07) is 14.9. The van der Waals surface area contributed by atoms with Gasteiger partial charge in [0.1, 0.15) is 5.75 Å². The molecule has 1 heterocycles. The highest BCUT2D eigenvalue weighted by Gasteiger charge is 2.30. The fourth-order valence-electron chi connectivity index (χ4n) is 2.97. The van der Waals surface area contributed by atoms with Gasteiger partial charge in [0.2, 0.25) is 5.91 Å². The van der Waals surface area contributed by atoms with Crippen molar-refractivity contribution in [3.8, 4) is 5.75 Å². The van der Waals surface area contributed by atoms with Gasteiger partial charge >= 0.3 is 0 Å². The summed E-state index contributed by atoms with van der Waals surface area (Å²) in [5.41, 5.74) is 2.67. The quantitative estimate of drug-likeness (QED) is 0.912. The Balaban J connectivity index is 1.56. The Morgan fingerprint density at radius 1 is 1.16 bits per heavy atom. The molecule has 1 aliphatic heterocycles. The van der Waals surface area contributed by atoms with Crippen molar-refractivity contribution in [2.45, 2.75) is 13.3 Å². The predicted octanol–water partition coefficient (Wildman–Crippen LogP) is 2.79. The number of hydrogen-bond donors (Lipinski definition) is 1. The van der Waals surface area contributed by atoms with Crippen molar-refractivity contribution in [1.82, 2.24) is 5.32 Å². The molecule has 3 rings (SSSR count). The molecule has 1 saturated heterocycles. The van der Waals surface area contributed by atoms with Crippen LogP contribution in [0, 0.1) is 12.8 Å². The van der Waals surface area contributed by atoms with Crippen molar-refractivity contribution >= 4 is 17.5 Å². The Bertz CT molecular complexity index is 754. The number of rotatable bonds is 5. The second kappa shape index (κ2) is 7.38. The summed E-state index contributed by atoms with van der Waals surface area (Å²) in [5, 5.41) is 2.92. The normalized spacial score (nSPS) is 16.8. The van der Waals surface area contributed by atoms with Crippen LogP contribution >= 0.6 is 0 Å². The van der Waals surface area contributed by atoms with Crippen LogP contribution in [-0.4, -0.2) is 32.0 Å². The fraction of sp³-hybridized carbons (Fsp3) is 0.300. The highest BCUT2D eigenvalue weighted by Crippen LogP contribution is 2.25. The van der Waals surface area contributed by atoms with Crippen molar-refractivity contribution < 1.29 is 14.3 Å². The van der Waals surface area contributed by atoms with Crippen LogP contribution in [0.4, 0.5) is 5.69 Å². The van der Waals surface area contributed by atoms with Gasteiger partial charge < -0.3 is 15.0 Å². The number of hydrogen-bond acceptors (Lipinski definition) is 3. The first kappa shape index (κ1) is 17.0. The van der Waals surface area contributed by atoms with Crippen molar-refractivity contribution in [2.75, 3.05) is 25.1 Å². The van der Waals surface area contributed by atoms with E-state index in [-0.39, 0.29) is 17.7 Å². The number of carbonyl (C=O) groups excluding carboxylic acids is 2. The molecular weight excluding hydrogens is 316 g/mol. The largest absolute Gasteiger partial charge is 0.497 e. The molecule has 0 spiro atoms. The summed E-state index contributed by atoms with van der Waals surface area (Å²) in [5.74, 6) is 0.805. The third kappa shape index (κ3) is 3.99. The van der Waals surface area contributed by atoms with Crippen LogP contribution in [0.2, 0.25) is 0 Å².